The number of benzene rings is 1. The summed E-state index contributed by atoms with van der Waals surface area (Å²) in [4.78, 5) is 0. The lowest BCUT2D eigenvalue weighted by Crippen LogP contribution is -2.49. The van der Waals surface area contributed by atoms with E-state index in [-0.39, 0.29) is 5.54 Å². The van der Waals surface area contributed by atoms with Gasteiger partial charge in [-0.2, -0.15) is 0 Å². The third kappa shape index (κ3) is 2.18. The van der Waals surface area contributed by atoms with Gasteiger partial charge in [0.1, 0.15) is 0 Å². The van der Waals surface area contributed by atoms with E-state index in [4.69, 9.17) is 0 Å². The molecule has 1 unspecified atom stereocenters. The molecule has 16 heavy (non-hydrogen) atoms. The van der Waals surface area contributed by atoms with E-state index in [1.807, 2.05) is 0 Å². The van der Waals surface area contributed by atoms with Gasteiger partial charge in [0, 0.05) is 10.0 Å². The highest BCUT2D eigenvalue weighted by Crippen LogP contribution is 2.37. The van der Waals surface area contributed by atoms with Gasteiger partial charge in [0.25, 0.3) is 0 Å². The van der Waals surface area contributed by atoms with Crippen molar-refractivity contribution in [3.63, 3.8) is 0 Å². The van der Waals surface area contributed by atoms with Crippen LogP contribution in [0, 0.1) is 5.92 Å². The summed E-state index contributed by atoms with van der Waals surface area (Å²) in [6, 6.07) is 8.75. The monoisotopic (exact) mass is 281 g/mol. The minimum Gasteiger partial charge on any atom is -0.307 e. The van der Waals surface area contributed by atoms with Crippen molar-refractivity contribution in [3.8, 4) is 0 Å². The highest BCUT2D eigenvalue weighted by atomic mass is 79.9. The lowest BCUT2D eigenvalue weighted by molar-refractivity contribution is 0.184. The maximum atomic E-state index is 3.75. The van der Waals surface area contributed by atoms with Crippen molar-refractivity contribution in [1.29, 1.82) is 0 Å². The molecule has 1 heterocycles. The number of nitrogens with one attached hydrogen (secondary N) is 1. The van der Waals surface area contributed by atoms with Crippen molar-refractivity contribution < 1.29 is 0 Å². The summed E-state index contributed by atoms with van der Waals surface area (Å²) in [5.41, 5.74) is 1.61. The Morgan fingerprint density at radius 1 is 1.31 bits per heavy atom. The minimum absolute atomic E-state index is 0.183. The topological polar surface area (TPSA) is 12.0 Å². The van der Waals surface area contributed by atoms with Gasteiger partial charge in [0.2, 0.25) is 0 Å². The zero-order chi connectivity index (χ0) is 11.6. The van der Waals surface area contributed by atoms with Gasteiger partial charge in [-0.15, -0.1) is 0 Å². The van der Waals surface area contributed by atoms with Crippen molar-refractivity contribution >= 4 is 15.9 Å². The molecule has 88 valence electrons. The predicted molar refractivity (Wildman–Crippen MR) is 72.5 cm³/mol. The van der Waals surface area contributed by atoms with Crippen LogP contribution in [0.4, 0.5) is 0 Å². The van der Waals surface area contributed by atoms with E-state index in [1.165, 1.54) is 29.3 Å². The molecule has 2 heteroatoms. The summed E-state index contributed by atoms with van der Waals surface area (Å²) in [7, 11) is 0. The van der Waals surface area contributed by atoms with Crippen LogP contribution in [-0.4, -0.2) is 6.54 Å². The van der Waals surface area contributed by atoms with Crippen molar-refractivity contribution in [2.45, 2.75) is 38.6 Å². The van der Waals surface area contributed by atoms with Crippen LogP contribution < -0.4 is 5.32 Å². The molecule has 0 aromatic heterocycles. The van der Waals surface area contributed by atoms with Crippen LogP contribution in [0.15, 0.2) is 28.7 Å². The van der Waals surface area contributed by atoms with E-state index < -0.39 is 0 Å². The Bertz CT molecular complexity index is 354. The molecule has 1 fully saturated rings. The van der Waals surface area contributed by atoms with Crippen LogP contribution in [-0.2, 0) is 5.54 Å². The molecule has 1 atom stereocenters. The standard InChI is InChI=1S/C14H20BrN/c1-11(2)14(8-3-4-9-16-14)12-6-5-7-13(15)10-12/h5-7,10-11,16H,3-4,8-9H2,1-2H3. The number of piperidine rings is 1. The summed E-state index contributed by atoms with van der Waals surface area (Å²) in [5.74, 6) is 0.627. The number of hydrogen-bond donors (Lipinski definition) is 1. The maximum Gasteiger partial charge on any atom is 0.0458 e. The second kappa shape index (κ2) is 4.89. The zero-order valence-corrected chi connectivity index (χ0v) is 11.7. The quantitative estimate of drug-likeness (QED) is 0.862. The van der Waals surface area contributed by atoms with Gasteiger partial charge in [-0.05, 0) is 49.4 Å². The average Bonchev–Trinajstić information content (AvgIpc) is 2.30. The molecule has 0 radical (unpaired) electrons. The zero-order valence-electron chi connectivity index (χ0n) is 10.1. The first kappa shape index (κ1) is 12.1. The summed E-state index contributed by atoms with van der Waals surface area (Å²) >= 11 is 3.57. The van der Waals surface area contributed by atoms with E-state index in [0.29, 0.717) is 5.92 Å². The molecule has 0 bridgehead atoms. The van der Waals surface area contributed by atoms with Gasteiger partial charge < -0.3 is 5.32 Å². The summed E-state index contributed by atoms with van der Waals surface area (Å²) in [5, 5.41) is 3.75. The van der Waals surface area contributed by atoms with Gasteiger partial charge in [-0.1, -0.05) is 41.9 Å². The largest absolute Gasteiger partial charge is 0.307 e. The van der Waals surface area contributed by atoms with Crippen LogP contribution in [0.1, 0.15) is 38.7 Å². The number of rotatable bonds is 2. The molecule has 1 aromatic carbocycles. The molecule has 1 aromatic rings. The SMILES string of the molecule is CC(C)C1(c2cccc(Br)c2)CCCCN1. The molecule has 1 saturated heterocycles. The summed E-state index contributed by atoms with van der Waals surface area (Å²) in [6.45, 7) is 5.78. The van der Waals surface area contributed by atoms with E-state index in [2.05, 4.69) is 59.4 Å². The minimum atomic E-state index is 0.183. The van der Waals surface area contributed by atoms with Crippen LogP contribution in [0.2, 0.25) is 0 Å². The van der Waals surface area contributed by atoms with Gasteiger partial charge in [-0.25, -0.2) is 0 Å². The maximum absolute atomic E-state index is 3.75. The van der Waals surface area contributed by atoms with Gasteiger partial charge >= 0.3 is 0 Å². The summed E-state index contributed by atoms with van der Waals surface area (Å²) < 4.78 is 1.18. The van der Waals surface area contributed by atoms with Crippen molar-refractivity contribution in [2.24, 2.45) is 5.92 Å². The Morgan fingerprint density at radius 2 is 2.12 bits per heavy atom. The van der Waals surface area contributed by atoms with Crippen LogP contribution in [0.25, 0.3) is 0 Å². The highest BCUT2D eigenvalue weighted by molar-refractivity contribution is 9.10. The second-order valence-corrected chi connectivity index (χ2v) is 5.94. The van der Waals surface area contributed by atoms with Crippen molar-refractivity contribution in [3.05, 3.63) is 34.3 Å². The molecule has 1 nitrogen and oxygen atoms in total. The Balaban J connectivity index is 2.38. The lowest BCUT2D eigenvalue weighted by Gasteiger charge is -2.42. The molecule has 0 spiro atoms. The van der Waals surface area contributed by atoms with Gasteiger partial charge in [-0.3, -0.25) is 0 Å². The van der Waals surface area contributed by atoms with Gasteiger partial charge in [0.05, 0.1) is 0 Å². The average molecular weight is 282 g/mol. The van der Waals surface area contributed by atoms with E-state index in [1.54, 1.807) is 0 Å². The Hall–Kier alpha value is -0.340. The third-order valence-electron chi connectivity index (χ3n) is 3.76. The Labute approximate surface area is 107 Å². The fourth-order valence-electron chi connectivity index (χ4n) is 2.77. The number of halogens is 1. The molecular weight excluding hydrogens is 262 g/mol. The lowest BCUT2D eigenvalue weighted by atomic mass is 9.74. The molecule has 1 aliphatic heterocycles. The normalized spacial score (nSPS) is 26.0. The van der Waals surface area contributed by atoms with Gasteiger partial charge in [0.15, 0.2) is 0 Å². The highest BCUT2D eigenvalue weighted by Gasteiger charge is 2.36. The van der Waals surface area contributed by atoms with Crippen molar-refractivity contribution in [2.75, 3.05) is 6.54 Å². The van der Waals surface area contributed by atoms with Crippen LogP contribution in [0.5, 0.6) is 0 Å². The Morgan fingerprint density at radius 3 is 2.69 bits per heavy atom. The molecule has 0 saturated carbocycles. The molecule has 1 N–H and O–H groups in total. The van der Waals surface area contributed by atoms with Crippen LogP contribution in [0.3, 0.4) is 0 Å². The molecular formula is C14H20BrN. The predicted octanol–water partition coefficient (Wildman–Crippen LogP) is 4.07. The molecule has 1 aliphatic rings. The smallest absolute Gasteiger partial charge is 0.0458 e. The van der Waals surface area contributed by atoms with E-state index in [9.17, 15) is 0 Å². The first-order valence-corrected chi connectivity index (χ1v) is 6.95. The summed E-state index contributed by atoms with van der Waals surface area (Å²) in [6.07, 6.45) is 3.89. The molecule has 0 amide bonds. The molecule has 2 rings (SSSR count). The van der Waals surface area contributed by atoms with E-state index >= 15 is 0 Å². The van der Waals surface area contributed by atoms with Crippen LogP contribution >= 0.6 is 15.9 Å². The Kier molecular flexibility index (Phi) is 3.70. The second-order valence-electron chi connectivity index (χ2n) is 5.02. The fraction of sp³-hybridized carbons (Fsp3) is 0.571. The third-order valence-corrected chi connectivity index (χ3v) is 4.26. The first-order valence-electron chi connectivity index (χ1n) is 6.16. The first-order chi connectivity index (χ1) is 7.65. The fourth-order valence-corrected chi connectivity index (χ4v) is 3.17. The van der Waals surface area contributed by atoms with E-state index in [0.717, 1.165) is 6.54 Å². The molecule has 0 aliphatic carbocycles. The van der Waals surface area contributed by atoms with Crippen molar-refractivity contribution in [1.82, 2.24) is 5.32 Å². The number of hydrogen-bond acceptors (Lipinski definition) is 1.